The third-order valence-corrected chi connectivity index (χ3v) is 8.78. The van der Waals surface area contributed by atoms with Crippen molar-refractivity contribution in [3.63, 3.8) is 0 Å². The Morgan fingerprint density at radius 1 is 1.06 bits per heavy atom. The molecule has 0 bridgehead atoms. The zero-order valence-corrected chi connectivity index (χ0v) is 19.5. The van der Waals surface area contributed by atoms with Crippen LogP contribution in [-0.2, 0) is 24.2 Å². The summed E-state index contributed by atoms with van der Waals surface area (Å²) in [6, 6.07) is 15.2. The van der Waals surface area contributed by atoms with Crippen molar-refractivity contribution in [1.29, 1.82) is 0 Å². The molecule has 0 aliphatic heterocycles. The lowest BCUT2D eigenvalue weighted by Gasteiger charge is -2.48. The van der Waals surface area contributed by atoms with Crippen LogP contribution < -0.4 is 4.74 Å². The average Bonchev–Trinajstić information content (AvgIpc) is 2.97. The van der Waals surface area contributed by atoms with Crippen molar-refractivity contribution in [2.45, 2.75) is 78.7 Å². The molecule has 2 nitrogen and oxygen atoms in total. The summed E-state index contributed by atoms with van der Waals surface area (Å²) >= 11 is 0. The number of carbonyl (C=O) groups excluding carboxylic acids is 1. The van der Waals surface area contributed by atoms with Gasteiger partial charge in [-0.25, -0.2) is 0 Å². The van der Waals surface area contributed by atoms with E-state index in [1.165, 1.54) is 23.1 Å². The first-order valence-corrected chi connectivity index (χ1v) is 12.2. The summed E-state index contributed by atoms with van der Waals surface area (Å²) in [5.74, 6) is 3.38. The summed E-state index contributed by atoms with van der Waals surface area (Å²) in [5.41, 5.74) is 5.31. The minimum atomic E-state index is -0.154. The number of hydrogen-bond donors (Lipinski definition) is 0. The summed E-state index contributed by atoms with van der Waals surface area (Å²) in [7, 11) is 0. The zero-order valence-electron chi connectivity index (χ0n) is 19.5. The van der Waals surface area contributed by atoms with E-state index < -0.39 is 0 Å². The molecular formula is C29H36O2. The fourth-order valence-electron chi connectivity index (χ4n) is 7.19. The van der Waals surface area contributed by atoms with Gasteiger partial charge in [-0.15, -0.1) is 0 Å². The second-order valence-electron chi connectivity index (χ2n) is 11.1. The Balaban J connectivity index is 1.43. The van der Waals surface area contributed by atoms with Gasteiger partial charge in [0.25, 0.3) is 0 Å². The van der Waals surface area contributed by atoms with E-state index in [1.807, 2.05) is 6.07 Å². The van der Waals surface area contributed by atoms with Gasteiger partial charge in [0.15, 0.2) is 0 Å². The van der Waals surface area contributed by atoms with Crippen LogP contribution in [0.25, 0.3) is 0 Å². The van der Waals surface area contributed by atoms with Crippen LogP contribution in [0, 0.1) is 22.7 Å². The molecular weight excluding hydrogens is 380 g/mol. The standard InChI is InChI=1S/C29H36O2/c1-5-20-15-24-21(16-26(20)31-18-19-9-7-6-8-10-19)11-12-23-22(24)13-14-29(4)25(23)17-28(2,3)27(29)30/h6-10,15-16,22-23,25H,5,11-14,17-18H2,1-4H3/t22-,23+,25-,29-/m0/s1. The van der Waals surface area contributed by atoms with Crippen LogP contribution in [-0.4, -0.2) is 5.78 Å². The van der Waals surface area contributed by atoms with Crippen molar-refractivity contribution >= 4 is 5.78 Å². The Morgan fingerprint density at radius 3 is 2.58 bits per heavy atom. The maximum Gasteiger partial charge on any atom is 0.144 e. The number of fused-ring (bicyclic) bond motifs is 5. The Bertz CT molecular complexity index is 989. The average molecular weight is 417 g/mol. The number of carbonyl (C=O) groups is 1. The lowest BCUT2D eigenvalue weighted by molar-refractivity contribution is -0.134. The molecule has 3 aliphatic carbocycles. The van der Waals surface area contributed by atoms with Gasteiger partial charge in [0.2, 0.25) is 0 Å². The number of ether oxygens (including phenoxy) is 1. The second kappa shape index (κ2) is 7.50. The summed E-state index contributed by atoms with van der Waals surface area (Å²) in [5, 5.41) is 0. The molecule has 2 aromatic rings. The molecule has 0 amide bonds. The first-order valence-electron chi connectivity index (χ1n) is 12.2. The van der Waals surface area contributed by atoms with Crippen LogP contribution in [0.1, 0.15) is 81.5 Å². The Labute approximate surface area is 187 Å². The molecule has 0 radical (unpaired) electrons. The van der Waals surface area contributed by atoms with Crippen LogP contribution in [0.4, 0.5) is 0 Å². The van der Waals surface area contributed by atoms with Crippen molar-refractivity contribution in [3.8, 4) is 5.75 Å². The molecule has 2 heteroatoms. The zero-order chi connectivity index (χ0) is 21.8. The fourth-order valence-corrected chi connectivity index (χ4v) is 7.19. The van der Waals surface area contributed by atoms with E-state index in [9.17, 15) is 4.79 Å². The summed E-state index contributed by atoms with van der Waals surface area (Å²) in [6.45, 7) is 9.48. The van der Waals surface area contributed by atoms with Crippen molar-refractivity contribution in [3.05, 3.63) is 64.7 Å². The maximum atomic E-state index is 13.2. The smallest absolute Gasteiger partial charge is 0.144 e. The van der Waals surface area contributed by atoms with Crippen molar-refractivity contribution in [1.82, 2.24) is 0 Å². The van der Waals surface area contributed by atoms with Gasteiger partial charge in [-0.1, -0.05) is 64.1 Å². The Kier molecular flexibility index (Phi) is 5.03. The lowest BCUT2D eigenvalue weighted by atomic mass is 9.55. The molecule has 0 saturated heterocycles. The van der Waals surface area contributed by atoms with Crippen LogP contribution in [0.2, 0.25) is 0 Å². The van der Waals surface area contributed by atoms with E-state index in [0.29, 0.717) is 30.1 Å². The third kappa shape index (κ3) is 3.34. The highest BCUT2D eigenvalue weighted by atomic mass is 16.5. The highest BCUT2D eigenvalue weighted by molar-refractivity contribution is 5.92. The van der Waals surface area contributed by atoms with Crippen molar-refractivity contribution in [2.24, 2.45) is 22.7 Å². The van der Waals surface area contributed by atoms with Crippen LogP contribution in [0.15, 0.2) is 42.5 Å². The van der Waals surface area contributed by atoms with Gasteiger partial charge in [-0.3, -0.25) is 4.79 Å². The first-order chi connectivity index (χ1) is 14.8. The van der Waals surface area contributed by atoms with E-state index in [0.717, 1.165) is 37.9 Å². The van der Waals surface area contributed by atoms with Gasteiger partial charge >= 0.3 is 0 Å². The minimum Gasteiger partial charge on any atom is -0.489 e. The van der Waals surface area contributed by atoms with Crippen LogP contribution in [0.5, 0.6) is 5.75 Å². The molecule has 2 saturated carbocycles. The van der Waals surface area contributed by atoms with Gasteiger partial charge in [0.05, 0.1) is 0 Å². The molecule has 2 aromatic carbocycles. The van der Waals surface area contributed by atoms with Crippen molar-refractivity contribution < 1.29 is 9.53 Å². The number of aryl methyl sites for hydroxylation is 2. The highest BCUT2D eigenvalue weighted by Crippen LogP contribution is 2.63. The molecule has 31 heavy (non-hydrogen) atoms. The molecule has 4 atom stereocenters. The molecule has 164 valence electrons. The molecule has 0 heterocycles. The molecule has 0 spiro atoms. The van der Waals surface area contributed by atoms with E-state index in [-0.39, 0.29) is 10.8 Å². The predicted molar refractivity (Wildman–Crippen MR) is 125 cm³/mol. The largest absolute Gasteiger partial charge is 0.489 e. The van der Waals surface area contributed by atoms with Gasteiger partial charge in [0.1, 0.15) is 18.1 Å². The van der Waals surface area contributed by atoms with E-state index >= 15 is 0 Å². The number of benzene rings is 2. The van der Waals surface area contributed by atoms with Crippen molar-refractivity contribution in [2.75, 3.05) is 0 Å². The second-order valence-corrected chi connectivity index (χ2v) is 11.1. The number of rotatable bonds is 4. The SMILES string of the molecule is CCc1cc2c(cc1OCc1ccccc1)CC[C@@H]1[C@@H]2CC[C@]2(C)C(=O)C(C)(C)C[C@@H]12. The minimum absolute atomic E-state index is 0.103. The molecule has 3 aliphatic rings. The highest BCUT2D eigenvalue weighted by Gasteiger charge is 2.60. The quantitative estimate of drug-likeness (QED) is 0.542. The number of ketones is 1. The van der Waals surface area contributed by atoms with Gasteiger partial charge in [-0.2, -0.15) is 0 Å². The molecule has 0 unspecified atom stereocenters. The first kappa shape index (κ1) is 20.8. The topological polar surface area (TPSA) is 26.3 Å². The summed E-state index contributed by atoms with van der Waals surface area (Å²) in [4.78, 5) is 13.2. The van der Waals surface area contributed by atoms with E-state index in [1.54, 1.807) is 5.56 Å². The maximum absolute atomic E-state index is 13.2. The fraction of sp³-hybridized carbons (Fsp3) is 0.552. The molecule has 0 N–H and O–H groups in total. The normalized spacial score (nSPS) is 31.0. The molecule has 5 rings (SSSR count). The monoisotopic (exact) mass is 416 g/mol. The van der Waals surface area contributed by atoms with Gasteiger partial charge < -0.3 is 4.74 Å². The Hall–Kier alpha value is -2.09. The summed E-state index contributed by atoms with van der Waals surface area (Å²) < 4.78 is 6.30. The molecule has 2 fully saturated rings. The number of hydrogen-bond acceptors (Lipinski definition) is 2. The Morgan fingerprint density at radius 2 is 1.84 bits per heavy atom. The predicted octanol–water partition coefficient (Wildman–Crippen LogP) is 6.89. The third-order valence-electron chi connectivity index (χ3n) is 8.78. The number of Topliss-reactive ketones (excluding diaryl/α,β-unsaturated/α-hetero) is 1. The van der Waals surface area contributed by atoms with E-state index in [4.69, 9.17) is 4.74 Å². The molecule has 0 aromatic heterocycles. The van der Waals surface area contributed by atoms with Crippen LogP contribution >= 0.6 is 0 Å². The van der Waals surface area contributed by atoms with Gasteiger partial charge in [-0.05, 0) is 84.6 Å². The lowest BCUT2D eigenvalue weighted by Crippen LogP contribution is -2.43. The summed E-state index contributed by atoms with van der Waals surface area (Å²) in [6.07, 6.45) is 6.58. The van der Waals surface area contributed by atoms with Gasteiger partial charge in [0, 0.05) is 10.8 Å². The van der Waals surface area contributed by atoms with Crippen LogP contribution in [0.3, 0.4) is 0 Å². The van der Waals surface area contributed by atoms with E-state index in [2.05, 4.69) is 64.1 Å².